The third kappa shape index (κ3) is 7.81. The lowest BCUT2D eigenvalue weighted by atomic mass is 10.2. The van der Waals surface area contributed by atoms with Crippen molar-refractivity contribution >= 4 is 25.3 Å². The molecule has 0 aromatic heterocycles. The molecule has 0 saturated heterocycles. The first-order chi connectivity index (χ1) is 14.5. The van der Waals surface area contributed by atoms with Gasteiger partial charge < -0.3 is 19.1 Å². The van der Waals surface area contributed by atoms with Crippen LogP contribution in [0.2, 0.25) is 0 Å². The Morgan fingerprint density at radius 3 is 2.17 bits per heavy atom. The summed E-state index contributed by atoms with van der Waals surface area (Å²) in [5, 5.41) is 12.8. The van der Waals surface area contributed by atoms with Gasteiger partial charge in [-0.1, -0.05) is 57.0 Å². The fourth-order valence-corrected chi connectivity index (χ4v) is 5.11. The van der Waals surface area contributed by atoms with Gasteiger partial charge in [0.25, 0.3) is 0 Å². The number of nitrogens with one attached hydrogen (secondary N) is 1. The lowest BCUT2D eigenvalue weighted by molar-refractivity contribution is -0.135. The normalized spacial score (nSPS) is 13.2. The summed E-state index contributed by atoms with van der Waals surface area (Å²) in [6.07, 6.45) is 4.95. The number of benzene rings is 1. The minimum absolute atomic E-state index is 0.195. The molecule has 0 aliphatic rings. The maximum absolute atomic E-state index is 13.9. The Kier molecular flexibility index (Phi) is 12.5. The number of nitrogens with zero attached hydrogens (tertiary/aromatic N) is 1. The van der Waals surface area contributed by atoms with E-state index in [1.807, 2.05) is 38.1 Å². The van der Waals surface area contributed by atoms with E-state index in [-0.39, 0.29) is 23.8 Å². The Morgan fingerprint density at radius 1 is 1.17 bits per heavy atom. The molecule has 7 nitrogen and oxygen atoms in total. The van der Waals surface area contributed by atoms with Crippen molar-refractivity contribution in [2.45, 2.75) is 45.3 Å². The number of thioether (sulfide) groups is 1. The minimum Gasteiger partial charge on any atom is -0.465 e. The second-order valence-corrected chi connectivity index (χ2v) is 9.31. The van der Waals surface area contributed by atoms with E-state index in [1.54, 1.807) is 18.4 Å². The smallest absolute Gasteiger partial charge is 0.357 e. The predicted octanol–water partition coefficient (Wildman–Crippen LogP) is 5.37. The molecular weight excluding hydrogens is 423 g/mol. The maximum Gasteiger partial charge on any atom is 0.357 e. The number of hydrogen-bond donors (Lipinski definition) is 1. The number of esters is 1. The Balaban J connectivity index is 3.43. The summed E-state index contributed by atoms with van der Waals surface area (Å²) in [5.74, 6) is -1.65. The molecule has 1 rings (SSSR count). The van der Waals surface area contributed by atoms with E-state index in [0.29, 0.717) is 5.56 Å². The molecule has 166 valence electrons. The monoisotopic (exact) mass is 454 g/mol. The number of methoxy groups -OCH3 is 1. The quantitative estimate of drug-likeness (QED) is 0.132. The molecule has 0 aliphatic carbocycles. The first-order valence-corrected chi connectivity index (χ1v) is 12.8. The molecule has 0 fully saturated rings. The minimum atomic E-state index is -3.69. The third-order valence-electron chi connectivity index (χ3n) is 4.17. The Bertz CT molecular complexity index is 765. The number of unbranched alkanes of at least 4 members (excludes halogenated alkanes) is 2. The highest BCUT2D eigenvalue weighted by Crippen LogP contribution is 2.60. The van der Waals surface area contributed by atoms with Gasteiger partial charge >= 0.3 is 13.6 Å². The highest BCUT2D eigenvalue weighted by Gasteiger charge is 2.38. The zero-order valence-corrected chi connectivity index (χ0v) is 19.8. The van der Waals surface area contributed by atoms with E-state index in [4.69, 9.17) is 13.8 Å². The van der Waals surface area contributed by atoms with Gasteiger partial charge in [0.15, 0.2) is 11.4 Å². The standard InChI is InChI=1S/C21H31N2O5PS/c1-5-7-14-27-29(25,28-15-8-6-2)19(17-12-10-9-11-13-17)23-20(30-4)18(16-22)21(24)26-3/h9-13,19,23H,5-8,14-15H2,1-4H3/b20-18+. The summed E-state index contributed by atoms with van der Waals surface area (Å²) >= 11 is 1.16. The van der Waals surface area contributed by atoms with Crippen LogP contribution in [0.3, 0.4) is 0 Å². The van der Waals surface area contributed by atoms with E-state index < -0.39 is 19.3 Å². The highest BCUT2D eigenvalue weighted by molar-refractivity contribution is 8.02. The molecule has 1 aromatic carbocycles. The van der Waals surface area contributed by atoms with Crippen LogP contribution in [0, 0.1) is 11.3 Å². The Labute approximate surface area is 183 Å². The summed E-state index contributed by atoms with van der Waals surface area (Å²) in [6.45, 7) is 4.60. The number of carbonyl (C=O) groups excluding carboxylic acids is 1. The van der Waals surface area contributed by atoms with Gasteiger partial charge in [-0.05, 0) is 24.7 Å². The SMILES string of the molecule is CCCCOP(=O)(OCCCC)C(N/C(SC)=C(/C#N)C(=O)OC)c1ccccc1. The van der Waals surface area contributed by atoms with Crippen LogP contribution < -0.4 is 5.32 Å². The van der Waals surface area contributed by atoms with Gasteiger partial charge in [0.1, 0.15) is 6.07 Å². The third-order valence-corrected chi connectivity index (χ3v) is 7.04. The first-order valence-electron chi connectivity index (χ1n) is 9.94. The summed E-state index contributed by atoms with van der Waals surface area (Å²) < 4.78 is 30.3. The molecule has 9 heteroatoms. The molecule has 0 bridgehead atoms. The molecule has 0 heterocycles. The van der Waals surface area contributed by atoms with Crippen molar-refractivity contribution in [3.63, 3.8) is 0 Å². The van der Waals surface area contributed by atoms with Crippen molar-refractivity contribution in [2.24, 2.45) is 0 Å². The van der Waals surface area contributed by atoms with Gasteiger partial charge in [-0.3, -0.25) is 4.57 Å². The molecular formula is C21H31N2O5PS. The number of hydrogen-bond acceptors (Lipinski definition) is 8. The number of ether oxygens (including phenoxy) is 1. The van der Waals surface area contributed by atoms with Gasteiger partial charge in [0.2, 0.25) is 0 Å². The zero-order chi connectivity index (χ0) is 22.4. The van der Waals surface area contributed by atoms with Crippen LogP contribution in [0.5, 0.6) is 0 Å². The predicted molar refractivity (Wildman–Crippen MR) is 120 cm³/mol. The molecule has 1 aromatic rings. The first kappa shape index (κ1) is 26.3. The average molecular weight is 455 g/mol. The molecule has 1 atom stereocenters. The average Bonchev–Trinajstić information content (AvgIpc) is 2.77. The van der Waals surface area contributed by atoms with E-state index in [1.165, 1.54) is 7.11 Å². The van der Waals surface area contributed by atoms with E-state index in [0.717, 1.165) is 37.4 Å². The van der Waals surface area contributed by atoms with Gasteiger partial charge in [-0.2, -0.15) is 5.26 Å². The van der Waals surface area contributed by atoms with Crippen molar-refractivity contribution in [3.8, 4) is 6.07 Å². The number of nitriles is 1. The Hall–Kier alpha value is -1.78. The summed E-state index contributed by atoms with van der Waals surface area (Å²) in [6, 6.07) is 11.0. The highest BCUT2D eigenvalue weighted by atomic mass is 32.2. The van der Waals surface area contributed by atoms with Gasteiger partial charge in [-0.25, -0.2) is 4.79 Å². The molecule has 0 radical (unpaired) electrons. The van der Waals surface area contributed by atoms with Gasteiger partial charge in [0.05, 0.1) is 25.4 Å². The van der Waals surface area contributed by atoms with Crippen LogP contribution >= 0.6 is 19.4 Å². The van der Waals surface area contributed by atoms with Gasteiger partial charge in [0, 0.05) is 0 Å². The van der Waals surface area contributed by atoms with E-state index >= 15 is 0 Å². The number of rotatable bonds is 14. The van der Waals surface area contributed by atoms with Crippen LogP contribution in [0.1, 0.15) is 50.9 Å². The number of carbonyl (C=O) groups is 1. The van der Waals surface area contributed by atoms with Crippen LogP contribution in [0.15, 0.2) is 40.9 Å². The molecule has 0 saturated carbocycles. The fraction of sp³-hybridized carbons (Fsp3) is 0.524. The molecule has 0 spiro atoms. The zero-order valence-electron chi connectivity index (χ0n) is 18.1. The summed E-state index contributed by atoms with van der Waals surface area (Å²) in [5.41, 5.74) is 0.474. The molecule has 1 N–H and O–H groups in total. The van der Waals surface area contributed by atoms with Gasteiger partial charge in [-0.15, -0.1) is 11.8 Å². The van der Waals surface area contributed by atoms with Crippen LogP contribution in [0.25, 0.3) is 0 Å². The second kappa shape index (κ2) is 14.3. The van der Waals surface area contributed by atoms with E-state index in [2.05, 4.69) is 5.32 Å². The van der Waals surface area contributed by atoms with Crippen molar-refractivity contribution in [1.82, 2.24) is 5.32 Å². The van der Waals surface area contributed by atoms with Crippen molar-refractivity contribution in [3.05, 3.63) is 46.5 Å². The largest absolute Gasteiger partial charge is 0.465 e. The van der Waals surface area contributed by atoms with Crippen molar-refractivity contribution in [2.75, 3.05) is 26.6 Å². The summed E-state index contributed by atoms with van der Waals surface area (Å²) in [4.78, 5) is 12.0. The molecule has 0 aliphatic heterocycles. The van der Waals surface area contributed by atoms with Crippen molar-refractivity contribution in [1.29, 1.82) is 5.26 Å². The topological polar surface area (TPSA) is 97.6 Å². The molecule has 1 unspecified atom stereocenters. The fourth-order valence-electron chi connectivity index (χ4n) is 2.49. The lowest BCUT2D eigenvalue weighted by Gasteiger charge is -2.29. The Morgan fingerprint density at radius 2 is 1.73 bits per heavy atom. The van der Waals surface area contributed by atoms with Crippen molar-refractivity contribution < 1.29 is 23.1 Å². The van der Waals surface area contributed by atoms with Crippen LogP contribution in [0.4, 0.5) is 0 Å². The van der Waals surface area contributed by atoms with E-state index in [9.17, 15) is 14.6 Å². The lowest BCUT2D eigenvalue weighted by Crippen LogP contribution is -2.25. The molecule has 0 amide bonds. The second-order valence-electron chi connectivity index (χ2n) is 6.38. The van der Waals surface area contributed by atoms with Crippen LogP contribution in [-0.2, 0) is 23.1 Å². The maximum atomic E-state index is 13.9. The molecule has 30 heavy (non-hydrogen) atoms. The summed E-state index contributed by atoms with van der Waals surface area (Å²) in [7, 11) is -2.48. The van der Waals surface area contributed by atoms with Crippen LogP contribution in [-0.4, -0.2) is 32.5 Å².